The lowest BCUT2D eigenvalue weighted by molar-refractivity contribution is 0.0371. The number of rotatable bonds is 4. The topological polar surface area (TPSA) is 59.4 Å². The van der Waals surface area contributed by atoms with E-state index in [0.717, 1.165) is 44.7 Å². The third-order valence-corrected chi connectivity index (χ3v) is 5.86. The van der Waals surface area contributed by atoms with Gasteiger partial charge < -0.3 is 15.0 Å². The normalized spacial score (nSPS) is 23.0. The van der Waals surface area contributed by atoms with Crippen molar-refractivity contribution >= 4 is 6.03 Å². The number of nitrogens with zero attached hydrogens (tertiary/aromatic N) is 3. The third kappa shape index (κ3) is 4.17. The van der Waals surface area contributed by atoms with Crippen LogP contribution in [0.1, 0.15) is 49.6 Å². The number of aryl methyl sites for hydroxylation is 2. The van der Waals surface area contributed by atoms with Crippen molar-refractivity contribution in [2.45, 2.75) is 65.0 Å². The molecular weight excluding hydrogens is 316 g/mol. The van der Waals surface area contributed by atoms with Crippen LogP contribution in [-0.2, 0) is 18.2 Å². The van der Waals surface area contributed by atoms with Gasteiger partial charge in [-0.2, -0.15) is 5.10 Å². The number of likely N-dealkylation sites (tertiary alicyclic amines) is 1. The van der Waals surface area contributed by atoms with Crippen molar-refractivity contribution < 1.29 is 9.53 Å². The van der Waals surface area contributed by atoms with Gasteiger partial charge in [-0.05, 0) is 64.4 Å². The highest BCUT2D eigenvalue weighted by Crippen LogP contribution is 2.28. The first-order valence-corrected chi connectivity index (χ1v) is 9.61. The summed E-state index contributed by atoms with van der Waals surface area (Å²) < 4.78 is 7.73. The van der Waals surface area contributed by atoms with E-state index < -0.39 is 0 Å². The van der Waals surface area contributed by atoms with Gasteiger partial charge in [-0.1, -0.05) is 0 Å². The maximum absolute atomic E-state index is 12.6. The summed E-state index contributed by atoms with van der Waals surface area (Å²) in [6.07, 6.45) is 5.76. The second-order valence-corrected chi connectivity index (χ2v) is 7.70. The van der Waals surface area contributed by atoms with Gasteiger partial charge in [0, 0.05) is 38.5 Å². The van der Waals surface area contributed by atoms with E-state index in [2.05, 4.69) is 24.3 Å². The Morgan fingerprint density at radius 2 is 2.04 bits per heavy atom. The minimum absolute atomic E-state index is 0.0671. The number of urea groups is 1. The number of aromatic nitrogens is 2. The lowest BCUT2D eigenvalue weighted by Gasteiger charge is -2.35. The molecule has 0 bridgehead atoms. The summed E-state index contributed by atoms with van der Waals surface area (Å²) in [7, 11) is 1.97. The molecule has 1 aromatic heterocycles. The minimum atomic E-state index is 0.0671. The van der Waals surface area contributed by atoms with Gasteiger partial charge in [-0.25, -0.2) is 4.79 Å². The first-order chi connectivity index (χ1) is 12.0. The molecule has 2 atom stereocenters. The predicted molar refractivity (Wildman–Crippen MR) is 97.7 cm³/mol. The quantitative estimate of drug-likeness (QED) is 0.910. The maximum atomic E-state index is 12.6. The first kappa shape index (κ1) is 18.2. The van der Waals surface area contributed by atoms with Crippen molar-refractivity contribution in [3.63, 3.8) is 0 Å². The van der Waals surface area contributed by atoms with Gasteiger partial charge in [-0.3, -0.25) is 4.68 Å². The Labute approximate surface area is 150 Å². The monoisotopic (exact) mass is 348 g/mol. The molecule has 25 heavy (non-hydrogen) atoms. The van der Waals surface area contributed by atoms with Crippen molar-refractivity contribution in [3.8, 4) is 0 Å². The molecule has 3 heterocycles. The Morgan fingerprint density at radius 1 is 1.32 bits per heavy atom. The Kier molecular flexibility index (Phi) is 5.67. The van der Waals surface area contributed by atoms with Crippen LogP contribution < -0.4 is 5.32 Å². The highest BCUT2D eigenvalue weighted by molar-refractivity contribution is 5.74. The average Bonchev–Trinajstić information content (AvgIpc) is 3.20. The fourth-order valence-electron chi connectivity index (χ4n) is 4.22. The molecule has 2 saturated heterocycles. The van der Waals surface area contributed by atoms with E-state index in [1.54, 1.807) is 0 Å². The number of hydrogen-bond donors (Lipinski definition) is 1. The summed E-state index contributed by atoms with van der Waals surface area (Å²) in [6.45, 7) is 8.79. The number of carbonyl (C=O) groups excluding carboxylic acids is 1. The number of ether oxygens (including phenoxy) is 1. The zero-order chi connectivity index (χ0) is 18.0. The van der Waals surface area contributed by atoms with Crippen LogP contribution in [-0.4, -0.2) is 52.6 Å². The zero-order valence-electron chi connectivity index (χ0n) is 16.0. The summed E-state index contributed by atoms with van der Waals surface area (Å²) in [6, 6.07) is 0.169. The van der Waals surface area contributed by atoms with E-state index in [0.29, 0.717) is 12.0 Å². The van der Waals surface area contributed by atoms with E-state index in [1.807, 2.05) is 23.6 Å². The summed E-state index contributed by atoms with van der Waals surface area (Å²) in [5.74, 6) is 0.629. The molecular formula is C19H32N4O2. The molecule has 0 spiro atoms. The molecule has 0 saturated carbocycles. The van der Waals surface area contributed by atoms with Gasteiger partial charge in [0.15, 0.2) is 0 Å². The highest BCUT2D eigenvalue weighted by Gasteiger charge is 2.31. The van der Waals surface area contributed by atoms with Gasteiger partial charge in [0.25, 0.3) is 0 Å². The number of hydrogen-bond acceptors (Lipinski definition) is 3. The summed E-state index contributed by atoms with van der Waals surface area (Å²) in [5.41, 5.74) is 3.47. The molecule has 2 amide bonds. The number of nitrogens with one attached hydrogen (secondary N) is 1. The lowest BCUT2D eigenvalue weighted by Crippen LogP contribution is -2.48. The predicted octanol–water partition coefficient (Wildman–Crippen LogP) is 2.57. The molecule has 0 aromatic carbocycles. The van der Waals surface area contributed by atoms with E-state index in [9.17, 15) is 4.79 Å². The van der Waals surface area contributed by atoms with Gasteiger partial charge in [0.05, 0.1) is 11.8 Å². The molecule has 2 fully saturated rings. The van der Waals surface area contributed by atoms with Crippen LogP contribution in [0.2, 0.25) is 0 Å². The fourth-order valence-corrected chi connectivity index (χ4v) is 4.22. The summed E-state index contributed by atoms with van der Waals surface area (Å²) in [5, 5.41) is 7.63. The van der Waals surface area contributed by atoms with Gasteiger partial charge in [0.2, 0.25) is 0 Å². The van der Waals surface area contributed by atoms with Gasteiger partial charge in [0.1, 0.15) is 0 Å². The molecule has 0 radical (unpaired) electrons. The van der Waals surface area contributed by atoms with Crippen molar-refractivity contribution in [1.29, 1.82) is 0 Å². The van der Waals surface area contributed by atoms with Crippen LogP contribution in [0.5, 0.6) is 0 Å². The minimum Gasteiger partial charge on any atom is -0.378 e. The molecule has 2 aliphatic rings. The zero-order valence-corrected chi connectivity index (χ0v) is 16.0. The van der Waals surface area contributed by atoms with Crippen LogP contribution in [0.15, 0.2) is 0 Å². The third-order valence-electron chi connectivity index (χ3n) is 5.86. The molecule has 140 valence electrons. The van der Waals surface area contributed by atoms with Crippen molar-refractivity contribution in [2.75, 3.05) is 19.7 Å². The lowest BCUT2D eigenvalue weighted by atomic mass is 9.90. The van der Waals surface area contributed by atoms with Crippen molar-refractivity contribution in [2.24, 2.45) is 13.0 Å². The van der Waals surface area contributed by atoms with Crippen LogP contribution in [0.4, 0.5) is 4.79 Å². The molecule has 0 unspecified atom stereocenters. The van der Waals surface area contributed by atoms with Gasteiger partial charge in [-0.15, -0.1) is 0 Å². The molecule has 2 aliphatic heterocycles. The SMILES string of the molecule is Cc1nn(C)c(C)c1C[C@@H](C)NC(=O)N1CCC([C@H]2CCCO2)CC1. The Hall–Kier alpha value is -1.56. The number of piperidine rings is 1. The number of amides is 2. The molecule has 6 heteroatoms. The molecule has 0 aliphatic carbocycles. The second kappa shape index (κ2) is 7.77. The Bertz CT molecular complexity index is 599. The molecule has 1 N–H and O–H groups in total. The van der Waals surface area contributed by atoms with E-state index in [4.69, 9.17) is 4.74 Å². The van der Waals surface area contributed by atoms with Gasteiger partial charge >= 0.3 is 6.03 Å². The van der Waals surface area contributed by atoms with E-state index in [1.165, 1.54) is 24.1 Å². The second-order valence-electron chi connectivity index (χ2n) is 7.70. The molecule has 6 nitrogen and oxygen atoms in total. The maximum Gasteiger partial charge on any atom is 0.317 e. The standard InChI is InChI=1S/C19H32N4O2/c1-13(12-17-14(2)21-22(4)15(17)3)20-19(24)23-9-7-16(8-10-23)18-6-5-11-25-18/h13,16,18H,5-12H2,1-4H3,(H,20,24)/t13-,18-/m1/s1. The van der Waals surface area contributed by atoms with Crippen molar-refractivity contribution in [3.05, 3.63) is 17.0 Å². The largest absolute Gasteiger partial charge is 0.378 e. The molecule has 1 aromatic rings. The highest BCUT2D eigenvalue weighted by atomic mass is 16.5. The van der Waals surface area contributed by atoms with E-state index >= 15 is 0 Å². The van der Waals surface area contributed by atoms with E-state index in [-0.39, 0.29) is 12.1 Å². The Morgan fingerprint density at radius 3 is 2.60 bits per heavy atom. The van der Waals surface area contributed by atoms with Crippen LogP contribution >= 0.6 is 0 Å². The average molecular weight is 348 g/mol. The summed E-state index contributed by atoms with van der Waals surface area (Å²) >= 11 is 0. The molecule has 3 rings (SSSR count). The summed E-state index contributed by atoms with van der Waals surface area (Å²) in [4.78, 5) is 14.5. The van der Waals surface area contributed by atoms with Crippen molar-refractivity contribution in [1.82, 2.24) is 20.0 Å². The Balaban J connectivity index is 1.47. The smallest absolute Gasteiger partial charge is 0.317 e. The van der Waals surface area contributed by atoms with Crippen LogP contribution in [0, 0.1) is 19.8 Å². The van der Waals surface area contributed by atoms with Crippen LogP contribution in [0.25, 0.3) is 0 Å². The fraction of sp³-hybridized carbons (Fsp3) is 0.789. The number of carbonyl (C=O) groups is 1. The van der Waals surface area contributed by atoms with Crippen LogP contribution in [0.3, 0.4) is 0 Å². The first-order valence-electron chi connectivity index (χ1n) is 9.61.